The van der Waals surface area contributed by atoms with E-state index in [1.807, 2.05) is 0 Å². The molecule has 9 heteroatoms. The number of carbonyl (C=O) groups is 4. The van der Waals surface area contributed by atoms with E-state index in [1.165, 1.54) is 33.9 Å². The van der Waals surface area contributed by atoms with Crippen LogP contribution in [-0.4, -0.2) is 31.0 Å². The van der Waals surface area contributed by atoms with Crippen LogP contribution in [0.25, 0.3) is 23.3 Å². The maximum absolute atomic E-state index is 12.7. The summed E-state index contributed by atoms with van der Waals surface area (Å²) in [6, 6.07) is 14.3. The van der Waals surface area contributed by atoms with Crippen LogP contribution >= 0.6 is 0 Å². The van der Waals surface area contributed by atoms with Crippen LogP contribution in [0.1, 0.15) is 38.8 Å². The van der Waals surface area contributed by atoms with Crippen LogP contribution in [0.2, 0.25) is 0 Å². The molecular weight excluding hydrogens is 588 g/mol. The van der Waals surface area contributed by atoms with Gasteiger partial charge in [0, 0.05) is 45.0 Å². The van der Waals surface area contributed by atoms with Crippen molar-refractivity contribution in [3.63, 3.8) is 0 Å². The first-order chi connectivity index (χ1) is 21.7. The minimum absolute atomic E-state index is 0.137. The molecule has 9 nitrogen and oxygen atoms in total. The first-order valence-electron chi connectivity index (χ1n) is 13.9. The summed E-state index contributed by atoms with van der Waals surface area (Å²) in [6.45, 7) is 20.6. The summed E-state index contributed by atoms with van der Waals surface area (Å²) in [5.41, 5.74) is 2.74. The number of hydrogen-bond donors (Lipinski definition) is 0. The van der Waals surface area contributed by atoms with Gasteiger partial charge < -0.3 is 23.7 Å². The standard InChI is InChI=1S/C37H34O9/c1-21(2)34(38)43-28-15-12-25(13-16-28)30-20-32(45-36(40)23(5)6)27(18-33(30)46-37(41)24(7)8)11-10-26-14-17-29(19-31(26)42-9)44-35(39)22(3)4/h10-20H,1,3,5,7H2,2,4,6,8-9H3/b11-10+. The van der Waals surface area contributed by atoms with Gasteiger partial charge in [-0.05, 0) is 69.7 Å². The highest BCUT2D eigenvalue weighted by molar-refractivity contribution is 5.93. The Hall–Kier alpha value is -5.96. The van der Waals surface area contributed by atoms with Crippen molar-refractivity contribution in [3.05, 3.63) is 114 Å². The van der Waals surface area contributed by atoms with Gasteiger partial charge in [-0.1, -0.05) is 50.6 Å². The maximum Gasteiger partial charge on any atom is 0.338 e. The van der Waals surface area contributed by atoms with E-state index in [0.717, 1.165) is 0 Å². The van der Waals surface area contributed by atoms with Crippen molar-refractivity contribution >= 4 is 36.0 Å². The highest BCUT2D eigenvalue weighted by Gasteiger charge is 2.19. The lowest BCUT2D eigenvalue weighted by atomic mass is 10.0. The van der Waals surface area contributed by atoms with Gasteiger partial charge in [0.25, 0.3) is 0 Å². The maximum atomic E-state index is 12.7. The van der Waals surface area contributed by atoms with E-state index in [2.05, 4.69) is 26.3 Å². The Morgan fingerprint density at radius 3 is 1.50 bits per heavy atom. The van der Waals surface area contributed by atoms with Gasteiger partial charge in [-0.25, -0.2) is 19.2 Å². The van der Waals surface area contributed by atoms with Crippen LogP contribution in [0.15, 0.2) is 103 Å². The van der Waals surface area contributed by atoms with Crippen molar-refractivity contribution < 1.29 is 42.9 Å². The lowest BCUT2D eigenvalue weighted by Gasteiger charge is -2.16. The third kappa shape index (κ3) is 9.03. The van der Waals surface area contributed by atoms with E-state index in [1.54, 1.807) is 67.6 Å². The molecule has 3 aromatic rings. The minimum atomic E-state index is -0.671. The third-order valence-corrected chi connectivity index (χ3v) is 6.14. The van der Waals surface area contributed by atoms with Gasteiger partial charge in [0.1, 0.15) is 28.7 Å². The molecule has 0 spiro atoms. The Kier molecular flexibility index (Phi) is 11.4. The second-order valence-corrected chi connectivity index (χ2v) is 10.3. The lowest BCUT2D eigenvalue weighted by molar-refractivity contribution is -0.131. The second-order valence-electron chi connectivity index (χ2n) is 10.3. The molecule has 0 bridgehead atoms. The number of rotatable bonds is 12. The molecule has 0 aliphatic rings. The number of carbonyl (C=O) groups excluding carboxylic acids is 4. The summed E-state index contributed by atoms with van der Waals surface area (Å²) in [6.07, 6.45) is 3.33. The van der Waals surface area contributed by atoms with E-state index in [0.29, 0.717) is 28.0 Å². The molecule has 3 rings (SSSR count). The largest absolute Gasteiger partial charge is 0.496 e. The molecule has 0 saturated heterocycles. The molecule has 46 heavy (non-hydrogen) atoms. The Bertz CT molecular complexity index is 1790. The summed E-state index contributed by atoms with van der Waals surface area (Å²) in [5, 5.41) is 0. The van der Waals surface area contributed by atoms with E-state index in [4.69, 9.17) is 23.7 Å². The lowest BCUT2D eigenvalue weighted by Crippen LogP contribution is -2.11. The third-order valence-electron chi connectivity index (χ3n) is 6.14. The molecule has 0 amide bonds. The zero-order valence-electron chi connectivity index (χ0n) is 26.4. The molecule has 0 aliphatic carbocycles. The molecule has 0 atom stereocenters. The molecular formula is C37H34O9. The van der Waals surface area contributed by atoms with Crippen LogP contribution in [-0.2, 0) is 19.2 Å². The zero-order chi connectivity index (χ0) is 34.1. The molecule has 0 N–H and O–H groups in total. The van der Waals surface area contributed by atoms with Gasteiger partial charge in [-0.3, -0.25) is 0 Å². The SMILES string of the molecule is C=C(C)C(=O)Oc1ccc(-c2cc(OC(=O)C(=C)C)c(/C=C/c3ccc(OC(=O)C(=C)C)cc3OC)cc2OC(=O)C(=C)C)cc1. The van der Waals surface area contributed by atoms with Crippen molar-refractivity contribution in [2.75, 3.05) is 7.11 Å². The molecule has 236 valence electrons. The monoisotopic (exact) mass is 622 g/mol. The van der Waals surface area contributed by atoms with Crippen molar-refractivity contribution in [1.82, 2.24) is 0 Å². The molecule has 0 heterocycles. The Morgan fingerprint density at radius 1 is 0.522 bits per heavy atom. The first-order valence-corrected chi connectivity index (χ1v) is 13.9. The Balaban J connectivity index is 2.15. The smallest absolute Gasteiger partial charge is 0.338 e. The predicted octanol–water partition coefficient (Wildman–Crippen LogP) is 7.46. The van der Waals surface area contributed by atoms with Gasteiger partial charge in [-0.15, -0.1) is 0 Å². The fraction of sp³-hybridized carbons (Fsp3) is 0.135. The van der Waals surface area contributed by atoms with E-state index >= 15 is 0 Å². The highest BCUT2D eigenvalue weighted by atomic mass is 16.5. The van der Waals surface area contributed by atoms with Crippen molar-refractivity contribution in [2.24, 2.45) is 0 Å². The van der Waals surface area contributed by atoms with Crippen LogP contribution in [0.5, 0.6) is 28.7 Å². The van der Waals surface area contributed by atoms with Gasteiger partial charge in [-0.2, -0.15) is 0 Å². The molecule has 0 saturated carbocycles. The second kappa shape index (κ2) is 15.2. The molecule has 0 aromatic heterocycles. The summed E-state index contributed by atoms with van der Waals surface area (Å²) >= 11 is 0. The van der Waals surface area contributed by atoms with Gasteiger partial charge in [0.2, 0.25) is 0 Å². The topological polar surface area (TPSA) is 114 Å². The summed E-state index contributed by atoms with van der Waals surface area (Å²) < 4.78 is 27.4. The fourth-order valence-electron chi connectivity index (χ4n) is 3.64. The molecule has 3 aromatic carbocycles. The molecule has 0 fully saturated rings. The Labute approximate surface area is 267 Å². The Morgan fingerprint density at radius 2 is 0.978 bits per heavy atom. The van der Waals surface area contributed by atoms with Gasteiger partial charge in [0.15, 0.2) is 0 Å². The van der Waals surface area contributed by atoms with Crippen molar-refractivity contribution in [1.29, 1.82) is 0 Å². The summed E-state index contributed by atoms with van der Waals surface area (Å²) in [7, 11) is 1.46. The zero-order valence-corrected chi connectivity index (χ0v) is 26.4. The summed E-state index contributed by atoms with van der Waals surface area (Å²) in [5.74, 6) is -1.28. The minimum Gasteiger partial charge on any atom is -0.496 e. The van der Waals surface area contributed by atoms with Crippen LogP contribution < -0.4 is 23.7 Å². The van der Waals surface area contributed by atoms with E-state index in [9.17, 15) is 19.2 Å². The van der Waals surface area contributed by atoms with Crippen molar-refractivity contribution in [3.8, 4) is 39.9 Å². The normalized spacial score (nSPS) is 10.5. The van der Waals surface area contributed by atoms with Gasteiger partial charge in [0.05, 0.1) is 7.11 Å². The number of methoxy groups -OCH3 is 1. The molecule has 0 aliphatic heterocycles. The van der Waals surface area contributed by atoms with E-state index in [-0.39, 0.29) is 45.3 Å². The number of esters is 4. The number of ether oxygens (including phenoxy) is 5. The number of hydrogen-bond acceptors (Lipinski definition) is 9. The summed E-state index contributed by atoms with van der Waals surface area (Å²) in [4.78, 5) is 49.2. The van der Waals surface area contributed by atoms with Crippen LogP contribution in [0.4, 0.5) is 0 Å². The van der Waals surface area contributed by atoms with Crippen molar-refractivity contribution in [2.45, 2.75) is 27.7 Å². The number of benzene rings is 3. The fourth-order valence-corrected chi connectivity index (χ4v) is 3.64. The quantitative estimate of drug-likeness (QED) is 0.0879. The average molecular weight is 623 g/mol. The van der Waals surface area contributed by atoms with Crippen LogP contribution in [0, 0.1) is 0 Å². The highest BCUT2D eigenvalue weighted by Crippen LogP contribution is 2.39. The van der Waals surface area contributed by atoms with Gasteiger partial charge >= 0.3 is 23.9 Å². The molecule has 0 radical (unpaired) electrons. The predicted molar refractivity (Wildman–Crippen MR) is 176 cm³/mol. The van der Waals surface area contributed by atoms with Crippen LogP contribution in [0.3, 0.4) is 0 Å². The molecule has 0 unspecified atom stereocenters. The van der Waals surface area contributed by atoms with E-state index < -0.39 is 23.9 Å². The average Bonchev–Trinajstić information content (AvgIpc) is 3.01. The first kappa shape index (κ1) is 34.5.